The van der Waals surface area contributed by atoms with Gasteiger partial charge in [-0.1, -0.05) is 19.9 Å². The molecule has 0 bridgehead atoms. The molecule has 1 aromatic carbocycles. The number of carbonyl (C=O) groups excluding carboxylic acids is 1. The van der Waals surface area contributed by atoms with Gasteiger partial charge >= 0.3 is 0 Å². The molecule has 0 unspecified atom stereocenters. The maximum absolute atomic E-state index is 11.8. The summed E-state index contributed by atoms with van der Waals surface area (Å²) >= 11 is 0. The smallest absolute Gasteiger partial charge is 0.251 e. The van der Waals surface area contributed by atoms with Crippen LogP contribution < -0.4 is 10.5 Å². The van der Waals surface area contributed by atoms with E-state index in [0.29, 0.717) is 18.0 Å². The van der Waals surface area contributed by atoms with Gasteiger partial charge in [-0.25, -0.2) is 13.6 Å². The average molecular weight is 270 g/mol. The van der Waals surface area contributed by atoms with E-state index in [4.69, 9.17) is 5.14 Å². The highest BCUT2D eigenvalue weighted by molar-refractivity contribution is 7.89. The monoisotopic (exact) mass is 270 g/mol. The van der Waals surface area contributed by atoms with E-state index in [1.807, 2.05) is 0 Å². The lowest BCUT2D eigenvalue weighted by Gasteiger charge is -2.07. The Balaban J connectivity index is 2.75. The second kappa shape index (κ2) is 5.97. The van der Waals surface area contributed by atoms with Crippen LogP contribution >= 0.6 is 0 Å². The molecule has 6 heteroatoms. The largest absolute Gasteiger partial charge is 0.352 e. The molecule has 5 nitrogen and oxygen atoms in total. The Bertz CT molecular complexity index is 524. The number of carbonyl (C=O) groups is 1. The highest BCUT2D eigenvalue weighted by Crippen LogP contribution is 2.09. The molecule has 1 rings (SSSR count). The zero-order chi connectivity index (χ0) is 13.8. The lowest BCUT2D eigenvalue weighted by atomic mass is 10.1. The molecular formula is C12H18N2O3S. The summed E-state index contributed by atoms with van der Waals surface area (Å²) < 4.78 is 22.3. The van der Waals surface area contributed by atoms with Crippen LogP contribution in [0.1, 0.15) is 30.6 Å². The number of sulfonamides is 1. The van der Waals surface area contributed by atoms with Gasteiger partial charge in [-0.15, -0.1) is 0 Å². The minimum absolute atomic E-state index is 0.0565. The van der Waals surface area contributed by atoms with E-state index < -0.39 is 10.0 Å². The van der Waals surface area contributed by atoms with Crippen molar-refractivity contribution < 1.29 is 13.2 Å². The number of hydrogen-bond acceptors (Lipinski definition) is 3. The van der Waals surface area contributed by atoms with Crippen LogP contribution in [0.3, 0.4) is 0 Å². The molecule has 0 fully saturated rings. The lowest BCUT2D eigenvalue weighted by molar-refractivity contribution is 0.0952. The van der Waals surface area contributed by atoms with Gasteiger partial charge in [0, 0.05) is 12.1 Å². The van der Waals surface area contributed by atoms with Gasteiger partial charge in [0.05, 0.1) is 4.90 Å². The van der Waals surface area contributed by atoms with Crippen molar-refractivity contribution in [3.63, 3.8) is 0 Å². The molecule has 0 aliphatic carbocycles. The van der Waals surface area contributed by atoms with Gasteiger partial charge in [-0.2, -0.15) is 0 Å². The Kier molecular flexibility index (Phi) is 4.86. The molecular weight excluding hydrogens is 252 g/mol. The SMILES string of the molecule is CC(C)CCNC(=O)c1cccc(S(N)(=O)=O)c1. The molecule has 0 aromatic heterocycles. The number of benzene rings is 1. The van der Waals surface area contributed by atoms with Crippen LogP contribution in [0.25, 0.3) is 0 Å². The normalized spacial score (nSPS) is 11.6. The summed E-state index contributed by atoms with van der Waals surface area (Å²) in [5.74, 6) is 0.210. The van der Waals surface area contributed by atoms with Crippen LogP contribution in [-0.4, -0.2) is 20.9 Å². The molecule has 100 valence electrons. The van der Waals surface area contributed by atoms with Gasteiger partial charge in [0.1, 0.15) is 0 Å². The first-order chi connectivity index (χ1) is 8.30. The van der Waals surface area contributed by atoms with Crippen LogP contribution in [0, 0.1) is 5.92 Å². The van der Waals surface area contributed by atoms with Crippen LogP contribution in [0.5, 0.6) is 0 Å². The van der Waals surface area contributed by atoms with Gasteiger partial charge in [0.25, 0.3) is 5.91 Å². The molecule has 1 amide bonds. The maximum atomic E-state index is 11.8. The Morgan fingerprint density at radius 2 is 2.06 bits per heavy atom. The van der Waals surface area contributed by atoms with Crippen molar-refractivity contribution in [1.82, 2.24) is 5.32 Å². The van der Waals surface area contributed by atoms with Gasteiger partial charge < -0.3 is 5.32 Å². The minimum Gasteiger partial charge on any atom is -0.352 e. The van der Waals surface area contributed by atoms with E-state index in [1.165, 1.54) is 18.2 Å². The molecule has 0 radical (unpaired) electrons. The molecule has 0 heterocycles. The van der Waals surface area contributed by atoms with Gasteiger partial charge in [0.15, 0.2) is 0 Å². The van der Waals surface area contributed by atoms with E-state index in [1.54, 1.807) is 6.07 Å². The number of rotatable bonds is 5. The third kappa shape index (κ3) is 4.46. The number of nitrogens with two attached hydrogens (primary N) is 1. The van der Waals surface area contributed by atoms with Gasteiger partial charge in [-0.05, 0) is 30.5 Å². The molecule has 18 heavy (non-hydrogen) atoms. The summed E-state index contributed by atoms with van der Waals surface area (Å²) in [6.07, 6.45) is 0.876. The predicted octanol–water partition coefficient (Wildman–Crippen LogP) is 1.11. The second-order valence-corrected chi connectivity index (χ2v) is 6.07. The summed E-state index contributed by atoms with van der Waals surface area (Å²) in [4.78, 5) is 11.7. The van der Waals surface area contributed by atoms with Crippen LogP contribution in [-0.2, 0) is 10.0 Å². The summed E-state index contributed by atoms with van der Waals surface area (Å²) in [5.41, 5.74) is 0.297. The maximum Gasteiger partial charge on any atom is 0.251 e. The summed E-state index contributed by atoms with van der Waals surface area (Å²) in [6, 6.07) is 5.69. The molecule has 0 atom stereocenters. The Morgan fingerprint density at radius 1 is 1.39 bits per heavy atom. The van der Waals surface area contributed by atoms with E-state index in [0.717, 1.165) is 6.42 Å². The fraction of sp³-hybridized carbons (Fsp3) is 0.417. The van der Waals surface area contributed by atoms with Gasteiger partial charge in [0.2, 0.25) is 10.0 Å². The number of primary sulfonamides is 1. The van der Waals surface area contributed by atoms with Gasteiger partial charge in [-0.3, -0.25) is 4.79 Å². The van der Waals surface area contributed by atoms with Crippen molar-refractivity contribution in [3.05, 3.63) is 29.8 Å². The van der Waals surface area contributed by atoms with E-state index in [-0.39, 0.29) is 10.8 Å². The summed E-state index contributed by atoms with van der Waals surface area (Å²) in [6.45, 7) is 4.69. The molecule has 0 aliphatic heterocycles. The standard InChI is InChI=1S/C12H18N2O3S/c1-9(2)6-7-14-12(15)10-4-3-5-11(8-10)18(13,16)17/h3-5,8-9H,6-7H2,1-2H3,(H,14,15)(H2,13,16,17). The minimum atomic E-state index is -3.77. The van der Waals surface area contributed by atoms with Crippen molar-refractivity contribution in [1.29, 1.82) is 0 Å². The highest BCUT2D eigenvalue weighted by atomic mass is 32.2. The van der Waals surface area contributed by atoms with Crippen LogP contribution in [0.2, 0.25) is 0 Å². The molecule has 1 aromatic rings. The van der Waals surface area contributed by atoms with Crippen LogP contribution in [0.4, 0.5) is 0 Å². The molecule has 0 spiro atoms. The zero-order valence-electron chi connectivity index (χ0n) is 10.5. The molecule has 3 N–H and O–H groups in total. The number of nitrogens with one attached hydrogen (secondary N) is 1. The average Bonchev–Trinajstić information content (AvgIpc) is 2.27. The lowest BCUT2D eigenvalue weighted by Crippen LogP contribution is -2.25. The van der Waals surface area contributed by atoms with Crippen LogP contribution in [0.15, 0.2) is 29.2 Å². The first-order valence-electron chi connectivity index (χ1n) is 5.72. The topological polar surface area (TPSA) is 89.3 Å². The van der Waals surface area contributed by atoms with Crippen molar-refractivity contribution >= 4 is 15.9 Å². The first kappa shape index (κ1) is 14.7. The van der Waals surface area contributed by atoms with Crippen molar-refractivity contribution in [3.8, 4) is 0 Å². The molecule has 0 saturated heterocycles. The fourth-order valence-corrected chi connectivity index (χ4v) is 1.95. The molecule has 0 saturated carbocycles. The Morgan fingerprint density at radius 3 is 2.61 bits per heavy atom. The molecule has 0 aliphatic rings. The fourth-order valence-electron chi connectivity index (χ4n) is 1.39. The quantitative estimate of drug-likeness (QED) is 0.840. The van der Waals surface area contributed by atoms with E-state index in [2.05, 4.69) is 19.2 Å². The van der Waals surface area contributed by atoms with E-state index >= 15 is 0 Å². The number of amides is 1. The Hall–Kier alpha value is -1.40. The summed E-state index contributed by atoms with van der Waals surface area (Å²) in [5, 5.41) is 7.74. The summed E-state index contributed by atoms with van der Waals surface area (Å²) in [7, 11) is -3.77. The van der Waals surface area contributed by atoms with Crippen molar-refractivity contribution in [2.45, 2.75) is 25.2 Å². The third-order valence-electron chi connectivity index (χ3n) is 2.43. The highest BCUT2D eigenvalue weighted by Gasteiger charge is 2.11. The predicted molar refractivity (Wildman–Crippen MR) is 69.6 cm³/mol. The zero-order valence-corrected chi connectivity index (χ0v) is 11.3. The number of hydrogen-bond donors (Lipinski definition) is 2. The third-order valence-corrected chi connectivity index (χ3v) is 3.34. The van der Waals surface area contributed by atoms with Crippen molar-refractivity contribution in [2.75, 3.05) is 6.54 Å². The van der Waals surface area contributed by atoms with E-state index in [9.17, 15) is 13.2 Å². The first-order valence-corrected chi connectivity index (χ1v) is 7.26. The second-order valence-electron chi connectivity index (χ2n) is 4.51. The van der Waals surface area contributed by atoms with Crippen molar-refractivity contribution in [2.24, 2.45) is 11.1 Å². The Labute approximate surface area is 107 Å².